The zero-order valence-electron chi connectivity index (χ0n) is 7.91. The maximum atomic E-state index is 9.93. The van der Waals surface area contributed by atoms with Crippen LogP contribution in [0.3, 0.4) is 0 Å². The molecule has 0 heterocycles. The topological polar surface area (TPSA) is 63.6 Å². The van der Waals surface area contributed by atoms with Gasteiger partial charge in [0.05, 0.1) is 6.61 Å². The van der Waals surface area contributed by atoms with Crippen molar-refractivity contribution in [1.29, 1.82) is 0 Å². The fourth-order valence-corrected chi connectivity index (χ4v) is 0.845. The van der Waals surface area contributed by atoms with Crippen molar-refractivity contribution in [3.63, 3.8) is 0 Å². The van der Waals surface area contributed by atoms with Crippen LogP contribution in [-0.2, 0) is 14.6 Å². The number of rotatable bonds is 5. The van der Waals surface area contributed by atoms with Crippen LogP contribution in [0.2, 0.25) is 0 Å². The summed E-state index contributed by atoms with van der Waals surface area (Å²) in [4.78, 5) is 0. The van der Waals surface area contributed by atoms with Crippen molar-refractivity contribution in [2.75, 3.05) is 6.61 Å². The Morgan fingerprint density at radius 2 is 2.00 bits per heavy atom. The quantitative estimate of drug-likeness (QED) is 0.477. The monoisotopic (exact) mass is 302 g/mol. The van der Waals surface area contributed by atoms with Crippen molar-refractivity contribution >= 4 is 10.4 Å². The fourth-order valence-electron chi connectivity index (χ4n) is 0.516. The van der Waals surface area contributed by atoms with Crippen LogP contribution in [0.15, 0.2) is 0 Å². The van der Waals surface area contributed by atoms with E-state index in [0.29, 0.717) is 6.42 Å². The van der Waals surface area contributed by atoms with Crippen molar-refractivity contribution in [3.05, 3.63) is 0 Å². The van der Waals surface area contributed by atoms with E-state index < -0.39 is 10.4 Å². The Hall–Kier alpha value is 1.92. The van der Waals surface area contributed by atoms with Gasteiger partial charge in [-0.05, 0) is 6.42 Å². The Balaban J connectivity index is -0.000000405. The van der Waals surface area contributed by atoms with Gasteiger partial charge in [0.1, 0.15) is 0 Å². The Kier molecular flexibility index (Phi) is 11.9. The van der Waals surface area contributed by atoms with Crippen LogP contribution < -0.4 is 68.9 Å². The molecule has 0 aromatic heterocycles. The molecule has 0 bridgehead atoms. The normalized spacial score (nSPS) is 10.7. The third-order valence-corrected chi connectivity index (χ3v) is 1.44. The van der Waals surface area contributed by atoms with Gasteiger partial charge in [-0.1, -0.05) is 19.8 Å². The molecule has 11 heavy (non-hydrogen) atoms. The van der Waals surface area contributed by atoms with Crippen molar-refractivity contribution in [2.24, 2.45) is 0 Å². The molecular formula is C5H13CsO4S. The van der Waals surface area contributed by atoms with Gasteiger partial charge in [0, 0.05) is 0 Å². The van der Waals surface area contributed by atoms with E-state index in [0.717, 1.165) is 12.8 Å². The van der Waals surface area contributed by atoms with E-state index >= 15 is 0 Å². The smallest absolute Gasteiger partial charge is 1.00 e. The molecule has 0 aromatic rings. The van der Waals surface area contributed by atoms with Gasteiger partial charge < -0.3 is 1.43 Å². The van der Waals surface area contributed by atoms with Crippen LogP contribution >= 0.6 is 0 Å². The molecule has 0 aliphatic carbocycles. The van der Waals surface area contributed by atoms with E-state index in [1.807, 2.05) is 6.92 Å². The van der Waals surface area contributed by atoms with Crippen LogP contribution in [0.4, 0.5) is 0 Å². The second-order valence-corrected chi connectivity index (χ2v) is 3.05. The largest absolute Gasteiger partial charge is 1.00 e. The molecule has 0 saturated carbocycles. The zero-order chi connectivity index (χ0) is 8.04. The Labute approximate surface area is 128 Å². The summed E-state index contributed by atoms with van der Waals surface area (Å²) in [5.41, 5.74) is 0. The van der Waals surface area contributed by atoms with Gasteiger partial charge >= 0.3 is 79.3 Å². The molecular weight excluding hydrogens is 289 g/mol. The summed E-state index contributed by atoms with van der Waals surface area (Å²) in [5.74, 6) is 0. The molecule has 0 saturated heterocycles. The van der Waals surface area contributed by atoms with Crippen LogP contribution in [0.5, 0.6) is 0 Å². The first-order chi connectivity index (χ1) is 4.56. The first kappa shape index (κ1) is 15.4. The van der Waals surface area contributed by atoms with E-state index in [1.165, 1.54) is 0 Å². The van der Waals surface area contributed by atoms with Crippen LogP contribution in [0.1, 0.15) is 27.6 Å². The summed E-state index contributed by atoms with van der Waals surface area (Å²) < 4.78 is 32.0. The minimum atomic E-state index is -4.20. The first-order valence-corrected chi connectivity index (χ1v) is 4.54. The maximum Gasteiger partial charge on any atom is 1.00 e. The van der Waals surface area contributed by atoms with Gasteiger partial charge in [0.15, 0.2) is 0 Å². The second kappa shape index (κ2) is 8.52. The van der Waals surface area contributed by atoms with Gasteiger partial charge in [-0.3, -0.25) is 4.55 Å². The maximum absolute atomic E-state index is 9.93. The van der Waals surface area contributed by atoms with Crippen molar-refractivity contribution < 1.29 is 87.5 Å². The molecule has 64 valence electrons. The van der Waals surface area contributed by atoms with Gasteiger partial charge in [-0.2, -0.15) is 8.42 Å². The molecule has 0 unspecified atom stereocenters. The minimum absolute atomic E-state index is 0. The Morgan fingerprint density at radius 1 is 1.45 bits per heavy atom. The molecule has 0 radical (unpaired) electrons. The Morgan fingerprint density at radius 3 is 2.36 bits per heavy atom. The molecule has 0 fully saturated rings. The standard InChI is InChI=1S/C5H12O4S.Cs.H/c1-2-3-4-5-9-10(6,7)8;;/h2-5H2,1H3,(H,6,7,8);;/q;+1;-1. The van der Waals surface area contributed by atoms with Crippen LogP contribution in [0, 0.1) is 0 Å². The summed E-state index contributed by atoms with van der Waals surface area (Å²) in [6.45, 7) is 2.07. The first-order valence-electron chi connectivity index (χ1n) is 3.18. The van der Waals surface area contributed by atoms with E-state index in [9.17, 15) is 8.42 Å². The van der Waals surface area contributed by atoms with E-state index in [4.69, 9.17) is 4.55 Å². The van der Waals surface area contributed by atoms with Crippen LogP contribution in [-0.4, -0.2) is 19.6 Å². The molecule has 0 atom stereocenters. The number of hydrogen-bond acceptors (Lipinski definition) is 3. The predicted octanol–water partition coefficient (Wildman–Crippen LogP) is -1.89. The fraction of sp³-hybridized carbons (Fsp3) is 1.00. The molecule has 0 aliphatic heterocycles. The van der Waals surface area contributed by atoms with Crippen molar-refractivity contribution in [2.45, 2.75) is 26.2 Å². The third kappa shape index (κ3) is 14.7. The molecule has 0 aromatic carbocycles. The average Bonchev–Trinajstić information content (AvgIpc) is 1.78. The summed E-state index contributed by atoms with van der Waals surface area (Å²) >= 11 is 0. The molecule has 0 aliphatic rings. The minimum Gasteiger partial charge on any atom is -1.00 e. The average molecular weight is 302 g/mol. The van der Waals surface area contributed by atoms with Gasteiger partial charge in [0.25, 0.3) is 0 Å². The second-order valence-electron chi connectivity index (χ2n) is 1.96. The summed E-state index contributed by atoms with van der Waals surface area (Å²) in [5, 5.41) is 0. The zero-order valence-corrected chi connectivity index (χ0v) is 14.0. The number of unbranched alkanes of at least 4 members (excludes halogenated alkanes) is 2. The van der Waals surface area contributed by atoms with Crippen molar-refractivity contribution in [1.82, 2.24) is 0 Å². The number of hydrogen-bond donors (Lipinski definition) is 1. The van der Waals surface area contributed by atoms with Gasteiger partial charge in [-0.15, -0.1) is 0 Å². The molecule has 4 nitrogen and oxygen atoms in total. The summed E-state index contributed by atoms with van der Waals surface area (Å²) in [7, 11) is -4.20. The van der Waals surface area contributed by atoms with Gasteiger partial charge in [0.2, 0.25) is 0 Å². The van der Waals surface area contributed by atoms with Gasteiger partial charge in [-0.25, -0.2) is 4.18 Å². The SMILES string of the molecule is CCCCCOS(=O)(=O)O.[Cs+].[H-]. The molecule has 0 spiro atoms. The summed E-state index contributed by atoms with van der Waals surface area (Å²) in [6.07, 6.45) is 2.57. The summed E-state index contributed by atoms with van der Waals surface area (Å²) in [6, 6.07) is 0. The Bertz CT molecular complexity index is 170. The third-order valence-electron chi connectivity index (χ3n) is 0.980. The van der Waals surface area contributed by atoms with E-state index in [2.05, 4.69) is 4.18 Å². The molecule has 1 N–H and O–H groups in total. The van der Waals surface area contributed by atoms with E-state index in [-0.39, 0.29) is 76.9 Å². The molecule has 0 amide bonds. The molecule has 6 heteroatoms. The van der Waals surface area contributed by atoms with E-state index in [1.54, 1.807) is 0 Å². The predicted molar refractivity (Wildman–Crippen MR) is 38.1 cm³/mol. The van der Waals surface area contributed by atoms with Crippen LogP contribution in [0.25, 0.3) is 0 Å². The molecule has 0 rings (SSSR count). The van der Waals surface area contributed by atoms with Crippen molar-refractivity contribution in [3.8, 4) is 0 Å².